The van der Waals surface area contributed by atoms with Crippen LogP contribution >= 0.6 is 0 Å². The van der Waals surface area contributed by atoms with Gasteiger partial charge in [-0.05, 0) is 56.9 Å². The fourth-order valence-electron chi connectivity index (χ4n) is 5.22. The average molecular weight is 400 g/mol. The largest absolute Gasteiger partial charge is 0.318 e. The summed E-state index contributed by atoms with van der Waals surface area (Å²) in [6, 6.07) is 1.03. The lowest BCUT2D eigenvalue weighted by molar-refractivity contribution is -0.123. The van der Waals surface area contributed by atoms with E-state index >= 15 is 0 Å². The van der Waals surface area contributed by atoms with Crippen LogP contribution in [0.1, 0.15) is 71.3 Å². The molecule has 0 spiro atoms. The molecule has 3 heterocycles. The summed E-state index contributed by atoms with van der Waals surface area (Å²) in [6.45, 7) is 11.7. The molecule has 0 radical (unpaired) electrons. The molecule has 3 fully saturated rings. The first-order valence-electron chi connectivity index (χ1n) is 11.5. The molecule has 0 aromatic carbocycles. The van der Waals surface area contributed by atoms with Crippen molar-refractivity contribution in [2.75, 3.05) is 24.5 Å². The van der Waals surface area contributed by atoms with Crippen molar-refractivity contribution in [3.05, 3.63) is 18.0 Å². The van der Waals surface area contributed by atoms with Crippen LogP contribution < -0.4 is 10.2 Å². The van der Waals surface area contributed by atoms with Gasteiger partial charge in [0.05, 0.1) is 12.2 Å². The quantitative estimate of drug-likeness (QED) is 0.793. The zero-order valence-electron chi connectivity index (χ0n) is 18.5. The van der Waals surface area contributed by atoms with Crippen LogP contribution in [0.25, 0.3) is 0 Å². The Morgan fingerprint density at radius 1 is 1.10 bits per heavy atom. The minimum atomic E-state index is 0.167. The van der Waals surface area contributed by atoms with Crippen molar-refractivity contribution in [3.63, 3.8) is 0 Å². The van der Waals surface area contributed by atoms with Gasteiger partial charge in [-0.2, -0.15) is 0 Å². The number of piperazine rings is 1. The maximum atomic E-state index is 12.0. The van der Waals surface area contributed by atoms with E-state index in [1.54, 1.807) is 0 Å². The zero-order chi connectivity index (χ0) is 20.5. The smallest absolute Gasteiger partial charge is 0.226 e. The zero-order valence-corrected chi connectivity index (χ0v) is 18.5. The van der Waals surface area contributed by atoms with E-state index in [1.807, 2.05) is 13.8 Å². The van der Waals surface area contributed by atoms with E-state index in [1.165, 1.54) is 5.56 Å². The number of aromatic nitrogens is 2. The standard InChI is InChI=1S/C23H37N5O/c1-15(2)21(29)9-17-5-7-18(8-6-17)19-10-25-23(26-11-19)28-20-12-24-22(28)14-27(13-20)16(3)4/h10-11,15-18,20,22,24H,5-9,12-14H2,1-4H3. The molecule has 1 saturated carbocycles. The number of carbonyl (C=O) groups is 1. The second-order valence-corrected chi connectivity index (χ2v) is 9.89. The van der Waals surface area contributed by atoms with Gasteiger partial charge in [-0.15, -0.1) is 0 Å². The molecule has 1 N–H and O–H groups in total. The lowest BCUT2D eigenvalue weighted by Crippen LogP contribution is -2.57. The topological polar surface area (TPSA) is 61.4 Å². The Bertz CT molecular complexity index is 682. The summed E-state index contributed by atoms with van der Waals surface area (Å²) >= 11 is 0. The number of hydrogen-bond acceptors (Lipinski definition) is 6. The maximum Gasteiger partial charge on any atom is 0.226 e. The highest BCUT2D eigenvalue weighted by Crippen LogP contribution is 2.37. The number of hydrogen-bond donors (Lipinski definition) is 1. The summed E-state index contributed by atoms with van der Waals surface area (Å²) in [5.41, 5.74) is 1.27. The summed E-state index contributed by atoms with van der Waals surface area (Å²) in [6.07, 6.45) is 9.79. The Labute approximate surface area is 175 Å². The molecule has 29 heavy (non-hydrogen) atoms. The maximum absolute atomic E-state index is 12.0. The normalized spacial score (nSPS) is 30.3. The van der Waals surface area contributed by atoms with Crippen LogP contribution in [0, 0.1) is 11.8 Å². The minimum absolute atomic E-state index is 0.167. The van der Waals surface area contributed by atoms with Crippen molar-refractivity contribution in [1.29, 1.82) is 0 Å². The predicted octanol–water partition coefficient (Wildman–Crippen LogP) is 3.19. The summed E-state index contributed by atoms with van der Waals surface area (Å²) in [4.78, 5) is 26.5. The molecule has 2 bridgehead atoms. The van der Waals surface area contributed by atoms with E-state index in [9.17, 15) is 4.79 Å². The summed E-state index contributed by atoms with van der Waals surface area (Å²) in [5.74, 6) is 2.57. The van der Waals surface area contributed by atoms with Crippen molar-refractivity contribution in [2.45, 2.75) is 84.0 Å². The number of ketones is 1. The lowest BCUT2D eigenvalue weighted by Gasteiger charge is -2.41. The SMILES string of the molecule is CC(C)C(=O)CC1CCC(c2cnc(N3C4CNC3CN(C(C)C)C4)nc2)CC1. The number of anilines is 1. The number of carbonyl (C=O) groups excluding carboxylic acids is 1. The molecule has 2 unspecified atom stereocenters. The van der Waals surface area contributed by atoms with Crippen molar-refractivity contribution in [1.82, 2.24) is 20.2 Å². The third-order valence-corrected chi connectivity index (χ3v) is 7.24. The van der Waals surface area contributed by atoms with Gasteiger partial charge in [0, 0.05) is 50.4 Å². The fourth-order valence-corrected chi connectivity index (χ4v) is 5.22. The molecule has 160 valence electrons. The van der Waals surface area contributed by atoms with Crippen LogP contribution in [0.2, 0.25) is 0 Å². The molecule has 2 atom stereocenters. The summed E-state index contributed by atoms with van der Waals surface area (Å²) < 4.78 is 0. The third-order valence-electron chi connectivity index (χ3n) is 7.24. The number of nitrogens with zero attached hydrogens (tertiary/aromatic N) is 4. The van der Waals surface area contributed by atoms with Gasteiger partial charge in [0.15, 0.2) is 0 Å². The highest BCUT2D eigenvalue weighted by molar-refractivity contribution is 5.80. The summed E-state index contributed by atoms with van der Waals surface area (Å²) in [7, 11) is 0. The molecule has 4 rings (SSSR count). The van der Waals surface area contributed by atoms with Gasteiger partial charge in [-0.1, -0.05) is 13.8 Å². The van der Waals surface area contributed by atoms with Crippen molar-refractivity contribution in [2.24, 2.45) is 11.8 Å². The van der Waals surface area contributed by atoms with Gasteiger partial charge < -0.3 is 4.90 Å². The van der Waals surface area contributed by atoms with Gasteiger partial charge in [0.1, 0.15) is 5.78 Å². The first kappa shape index (κ1) is 20.7. The Morgan fingerprint density at radius 3 is 2.38 bits per heavy atom. The van der Waals surface area contributed by atoms with Crippen LogP contribution in [-0.4, -0.2) is 58.5 Å². The number of rotatable bonds is 6. The van der Waals surface area contributed by atoms with Crippen LogP contribution in [0.3, 0.4) is 0 Å². The Hall–Kier alpha value is -1.53. The first-order valence-corrected chi connectivity index (χ1v) is 11.5. The highest BCUT2D eigenvalue weighted by atomic mass is 16.1. The van der Waals surface area contributed by atoms with Gasteiger partial charge in [0.25, 0.3) is 0 Å². The number of Topliss-reactive ketones (excluding diaryl/α,β-unsaturated/α-hetero) is 1. The lowest BCUT2D eigenvalue weighted by atomic mass is 9.77. The molecular weight excluding hydrogens is 362 g/mol. The van der Waals surface area contributed by atoms with E-state index in [-0.39, 0.29) is 5.92 Å². The van der Waals surface area contributed by atoms with Gasteiger partial charge in [-0.25, -0.2) is 9.97 Å². The van der Waals surface area contributed by atoms with Gasteiger partial charge in [-0.3, -0.25) is 15.0 Å². The summed E-state index contributed by atoms with van der Waals surface area (Å²) in [5, 5.41) is 3.63. The monoisotopic (exact) mass is 399 g/mol. The molecule has 6 nitrogen and oxygen atoms in total. The van der Waals surface area contributed by atoms with Crippen molar-refractivity contribution >= 4 is 11.7 Å². The van der Waals surface area contributed by atoms with Crippen LogP contribution in [0.15, 0.2) is 12.4 Å². The van der Waals surface area contributed by atoms with Crippen molar-refractivity contribution < 1.29 is 4.79 Å². The molecule has 1 aliphatic carbocycles. The van der Waals surface area contributed by atoms with E-state index in [2.05, 4.69) is 41.4 Å². The molecule has 1 aromatic heterocycles. The Balaban J connectivity index is 1.34. The molecule has 6 heteroatoms. The molecule has 3 aliphatic rings. The van der Waals surface area contributed by atoms with Crippen LogP contribution in [0.4, 0.5) is 5.95 Å². The van der Waals surface area contributed by atoms with E-state index < -0.39 is 0 Å². The number of fused-ring (bicyclic) bond motifs is 2. The predicted molar refractivity (Wildman–Crippen MR) is 116 cm³/mol. The Kier molecular flexibility index (Phi) is 6.21. The first-order chi connectivity index (χ1) is 13.9. The van der Waals surface area contributed by atoms with Gasteiger partial charge >= 0.3 is 0 Å². The fraction of sp³-hybridized carbons (Fsp3) is 0.783. The molecule has 0 amide bonds. The molecular formula is C23H37N5O. The second-order valence-electron chi connectivity index (χ2n) is 9.89. The van der Waals surface area contributed by atoms with E-state index in [0.29, 0.717) is 35.9 Å². The van der Waals surface area contributed by atoms with E-state index in [0.717, 1.165) is 57.7 Å². The molecule has 2 saturated heterocycles. The van der Waals surface area contributed by atoms with Crippen LogP contribution in [0.5, 0.6) is 0 Å². The number of nitrogens with one attached hydrogen (secondary N) is 1. The van der Waals surface area contributed by atoms with E-state index in [4.69, 9.17) is 9.97 Å². The Morgan fingerprint density at radius 2 is 1.79 bits per heavy atom. The average Bonchev–Trinajstić information content (AvgIpc) is 2.97. The second kappa shape index (κ2) is 8.68. The highest BCUT2D eigenvalue weighted by Gasteiger charge is 2.41. The van der Waals surface area contributed by atoms with Crippen LogP contribution in [-0.2, 0) is 4.79 Å². The molecule has 1 aromatic rings. The minimum Gasteiger partial charge on any atom is -0.318 e. The van der Waals surface area contributed by atoms with Crippen molar-refractivity contribution in [3.8, 4) is 0 Å². The molecule has 2 aliphatic heterocycles. The third kappa shape index (κ3) is 4.48. The van der Waals surface area contributed by atoms with Gasteiger partial charge in [0.2, 0.25) is 5.95 Å².